The second kappa shape index (κ2) is 9.14. The SMILES string of the molecule is CCN(CC)c1ncc(/C=N/NC(=O)COc2ccc3ccccc3c2)s1. The van der Waals surface area contributed by atoms with Crippen LogP contribution >= 0.6 is 11.3 Å². The van der Waals surface area contributed by atoms with E-state index in [9.17, 15) is 4.79 Å². The first-order valence-corrected chi connectivity index (χ1v) is 9.65. The molecule has 0 fully saturated rings. The van der Waals surface area contributed by atoms with Gasteiger partial charge >= 0.3 is 0 Å². The lowest BCUT2D eigenvalue weighted by atomic mass is 10.1. The van der Waals surface area contributed by atoms with Crippen molar-refractivity contribution >= 4 is 39.4 Å². The van der Waals surface area contributed by atoms with E-state index in [0.717, 1.165) is 33.9 Å². The van der Waals surface area contributed by atoms with Crippen LogP contribution in [0.1, 0.15) is 18.7 Å². The first kappa shape index (κ1) is 18.8. The van der Waals surface area contributed by atoms with Crippen molar-refractivity contribution in [3.63, 3.8) is 0 Å². The van der Waals surface area contributed by atoms with Gasteiger partial charge in [0.25, 0.3) is 5.91 Å². The average Bonchev–Trinajstić information content (AvgIpc) is 3.16. The normalized spacial score (nSPS) is 11.0. The van der Waals surface area contributed by atoms with E-state index in [-0.39, 0.29) is 12.5 Å². The number of hydrazone groups is 1. The van der Waals surface area contributed by atoms with Crippen molar-refractivity contribution in [2.24, 2.45) is 5.10 Å². The van der Waals surface area contributed by atoms with Gasteiger partial charge in [-0.15, -0.1) is 0 Å². The van der Waals surface area contributed by atoms with E-state index < -0.39 is 0 Å². The Labute approximate surface area is 162 Å². The molecule has 0 spiro atoms. The summed E-state index contributed by atoms with van der Waals surface area (Å²) in [5, 5.41) is 7.13. The predicted octanol–water partition coefficient (Wildman–Crippen LogP) is 3.67. The van der Waals surface area contributed by atoms with Gasteiger partial charge < -0.3 is 9.64 Å². The molecule has 0 radical (unpaired) electrons. The molecule has 1 amide bonds. The van der Waals surface area contributed by atoms with Crippen molar-refractivity contribution in [1.29, 1.82) is 0 Å². The van der Waals surface area contributed by atoms with Crippen LogP contribution < -0.4 is 15.1 Å². The number of aromatic nitrogens is 1. The number of nitrogens with one attached hydrogen (secondary N) is 1. The van der Waals surface area contributed by atoms with Crippen molar-refractivity contribution in [1.82, 2.24) is 10.4 Å². The lowest BCUT2D eigenvalue weighted by molar-refractivity contribution is -0.123. The minimum Gasteiger partial charge on any atom is -0.484 e. The third-order valence-electron chi connectivity index (χ3n) is 4.02. The molecular weight excluding hydrogens is 360 g/mol. The molecule has 7 heteroatoms. The standard InChI is InChI=1S/C20H22N4O2S/c1-3-24(4-2)20-21-12-18(27-20)13-22-23-19(25)14-26-17-10-9-15-7-5-6-8-16(15)11-17/h5-13H,3-4,14H2,1-2H3,(H,23,25)/b22-13+. The molecule has 0 aliphatic rings. The highest BCUT2D eigenvalue weighted by Gasteiger charge is 2.07. The highest BCUT2D eigenvalue weighted by molar-refractivity contribution is 7.17. The maximum atomic E-state index is 11.9. The molecule has 0 aliphatic carbocycles. The monoisotopic (exact) mass is 382 g/mol. The van der Waals surface area contributed by atoms with Gasteiger partial charge in [0.1, 0.15) is 5.75 Å². The first-order chi connectivity index (χ1) is 13.2. The second-order valence-corrected chi connectivity index (χ2v) is 6.85. The third-order valence-corrected chi connectivity index (χ3v) is 5.01. The van der Waals surface area contributed by atoms with Crippen LogP contribution in [0.4, 0.5) is 5.13 Å². The molecule has 3 aromatic rings. The first-order valence-electron chi connectivity index (χ1n) is 8.84. The fourth-order valence-corrected chi connectivity index (χ4v) is 3.50. The van der Waals surface area contributed by atoms with E-state index in [4.69, 9.17) is 4.74 Å². The predicted molar refractivity (Wildman–Crippen MR) is 111 cm³/mol. The topological polar surface area (TPSA) is 66.8 Å². The van der Waals surface area contributed by atoms with Gasteiger partial charge in [0.05, 0.1) is 11.1 Å². The molecule has 1 heterocycles. The number of carbonyl (C=O) groups excluding carboxylic acids is 1. The fourth-order valence-electron chi connectivity index (χ4n) is 2.58. The molecule has 0 saturated heterocycles. The third kappa shape index (κ3) is 5.04. The molecule has 3 rings (SSSR count). The number of hydrogen-bond acceptors (Lipinski definition) is 6. The van der Waals surface area contributed by atoms with Gasteiger partial charge in [-0.25, -0.2) is 10.4 Å². The van der Waals surface area contributed by atoms with Gasteiger partial charge in [-0.1, -0.05) is 41.7 Å². The Bertz CT molecular complexity index is 934. The molecule has 0 saturated carbocycles. The number of amides is 1. The van der Waals surface area contributed by atoms with Crippen LogP contribution in [0, 0.1) is 0 Å². The summed E-state index contributed by atoms with van der Waals surface area (Å²) in [6, 6.07) is 13.7. The number of thiazole rings is 1. The van der Waals surface area contributed by atoms with Crippen LogP contribution in [0.25, 0.3) is 10.8 Å². The summed E-state index contributed by atoms with van der Waals surface area (Å²) in [4.78, 5) is 19.3. The van der Waals surface area contributed by atoms with E-state index in [1.54, 1.807) is 12.4 Å². The fraction of sp³-hybridized carbons (Fsp3) is 0.250. The summed E-state index contributed by atoms with van der Waals surface area (Å²) in [5.41, 5.74) is 2.48. The summed E-state index contributed by atoms with van der Waals surface area (Å²) in [7, 11) is 0. The minimum absolute atomic E-state index is 0.0942. The average molecular weight is 382 g/mol. The summed E-state index contributed by atoms with van der Waals surface area (Å²) in [6.07, 6.45) is 3.35. The van der Waals surface area contributed by atoms with Crippen LogP contribution in [-0.4, -0.2) is 36.8 Å². The number of benzene rings is 2. The quantitative estimate of drug-likeness (QED) is 0.477. The summed E-state index contributed by atoms with van der Waals surface area (Å²) >= 11 is 1.54. The van der Waals surface area contributed by atoms with Crippen LogP contribution in [0.2, 0.25) is 0 Å². The van der Waals surface area contributed by atoms with Crippen LogP contribution in [-0.2, 0) is 4.79 Å². The van der Waals surface area contributed by atoms with E-state index in [0.29, 0.717) is 5.75 Å². The molecule has 0 aliphatic heterocycles. The zero-order valence-electron chi connectivity index (χ0n) is 15.4. The van der Waals surface area contributed by atoms with Gasteiger partial charge in [0.15, 0.2) is 11.7 Å². The number of carbonyl (C=O) groups is 1. The van der Waals surface area contributed by atoms with Gasteiger partial charge in [0, 0.05) is 19.3 Å². The minimum atomic E-state index is -0.312. The van der Waals surface area contributed by atoms with E-state index in [1.165, 1.54) is 11.3 Å². The number of anilines is 1. The Morgan fingerprint density at radius 1 is 1.22 bits per heavy atom. The van der Waals surface area contributed by atoms with Crippen molar-refractivity contribution in [3.05, 3.63) is 53.5 Å². The molecule has 1 N–H and O–H groups in total. The maximum absolute atomic E-state index is 11.9. The van der Waals surface area contributed by atoms with Crippen molar-refractivity contribution in [2.75, 3.05) is 24.6 Å². The number of nitrogens with zero attached hydrogens (tertiary/aromatic N) is 3. The molecule has 140 valence electrons. The number of rotatable bonds is 8. The molecule has 6 nitrogen and oxygen atoms in total. The Morgan fingerprint density at radius 3 is 2.78 bits per heavy atom. The lowest BCUT2D eigenvalue weighted by Crippen LogP contribution is -2.24. The molecule has 1 aromatic heterocycles. The van der Waals surface area contributed by atoms with E-state index in [2.05, 4.69) is 34.3 Å². The van der Waals surface area contributed by atoms with Crippen molar-refractivity contribution in [2.45, 2.75) is 13.8 Å². The molecule has 0 atom stereocenters. The zero-order chi connectivity index (χ0) is 19.1. The molecule has 0 unspecified atom stereocenters. The summed E-state index contributed by atoms with van der Waals surface area (Å²) in [6.45, 7) is 5.90. The summed E-state index contributed by atoms with van der Waals surface area (Å²) in [5.74, 6) is 0.340. The van der Waals surface area contributed by atoms with Crippen molar-refractivity contribution in [3.8, 4) is 5.75 Å². The van der Waals surface area contributed by atoms with Gasteiger partial charge in [-0.2, -0.15) is 5.10 Å². The van der Waals surface area contributed by atoms with Gasteiger partial charge in [-0.05, 0) is 36.8 Å². The Kier molecular flexibility index (Phi) is 6.38. The molecule has 0 bridgehead atoms. The maximum Gasteiger partial charge on any atom is 0.277 e. The Hall–Kier alpha value is -2.93. The highest BCUT2D eigenvalue weighted by Crippen LogP contribution is 2.21. The molecule has 27 heavy (non-hydrogen) atoms. The highest BCUT2D eigenvalue weighted by atomic mass is 32.1. The second-order valence-electron chi connectivity index (χ2n) is 5.81. The van der Waals surface area contributed by atoms with Crippen LogP contribution in [0.3, 0.4) is 0 Å². The van der Waals surface area contributed by atoms with Gasteiger partial charge in [0.2, 0.25) is 0 Å². The van der Waals surface area contributed by atoms with Crippen molar-refractivity contribution < 1.29 is 9.53 Å². The molecular formula is C20H22N4O2S. The summed E-state index contributed by atoms with van der Waals surface area (Å²) < 4.78 is 5.54. The Morgan fingerprint density at radius 2 is 2.00 bits per heavy atom. The van der Waals surface area contributed by atoms with E-state index in [1.807, 2.05) is 42.5 Å². The largest absolute Gasteiger partial charge is 0.484 e. The smallest absolute Gasteiger partial charge is 0.277 e. The van der Waals surface area contributed by atoms with E-state index >= 15 is 0 Å². The number of fused-ring (bicyclic) bond motifs is 1. The zero-order valence-corrected chi connectivity index (χ0v) is 16.2. The Balaban J connectivity index is 1.49. The number of ether oxygens (including phenoxy) is 1. The lowest BCUT2D eigenvalue weighted by Gasteiger charge is -2.16. The van der Waals surface area contributed by atoms with Gasteiger partial charge in [-0.3, -0.25) is 4.79 Å². The molecule has 2 aromatic carbocycles. The number of hydrogen-bond donors (Lipinski definition) is 1. The van der Waals surface area contributed by atoms with Crippen LogP contribution in [0.5, 0.6) is 5.75 Å². The van der Waals surface area contributed by atoms with Crippen LogP contribution in [0.15, 0.2) is 53.8 Å².